The van der Waals surface area contributed by atoms with Crippen LogP contribution in [0.25, 0.3) is 0 Å². The highest BCUT2D eigenvalue weighted by molar-refractivity contribution is 9.10. The monoisotopic (exact) mass is 461 g/mol. The molecule has 1 spiro atoms. The second kappa shape index (κ2) is 8.09. The molecular formula is C22H28BrN3O3. The number of rotatable bonds is 6. The van der Waals surface area contributed by atoms with E-state index in [0.29, 0.717) is 19.4 Å². The first-order valence-electron chi connectivity index (χ1n) is 10.6. The average molecular weight is 462 g/mol. The molecule has 0 radical (unpaired) electrons. The number of benzene rings is 1. The van der Waals surface area contributed by atoms with Crippen LogP contribution in [-0.4, -0.2) is 41.4 Å². The Morgan fingerprint density at radius 3 is 2.52 bits per heavy atom. The number of hydrogen-bond donors (Lipinski definition) is 2. The number of hydrogen-bond acceptors (Lipinski definition) is 3. The quantitative estimate of drug-likeness (QED) is 0.634. The van der Waals surface area contributed by atoms with E-state index in [1.165, 1.54) is 10.5 Å². The number of carbonyl (C=O) groups excluding carboxylic acids is 3. The van der Waals surface area contributed by atoms with Gasteiger partial charge in [0.2, 0.25) is 5.91 Å². The minimum Gasteiger partial charge on any atom is -0.355 e. The summed E-state index contributed by atoms with van der Waals surface area (Å²) in [5, 5.41) is 5.94. The third-order valence-corrected chi connectivity index (χ3v) is 7.38. The Hall–Kier alpha value is -1.89. The van der Waals surface area contributed by atoms with Gasteiger partial charge in [-0.05, 0) is 43.4 Å². The molecule has 3 aliphatic rings. The van der Waals surface area contributed by atoms with Crippen LogP contribution in [0.3, 0.4) is 0 Å². The first kappa shape index (κ1) is 20.4. The van der Waals surface area contributed by atoms with Crippen LogP contribution >= 0.6 is 15.9 Å². The van der Waals surface area contributed by atoms with Gasteiger partial charge in [0.05, 0.1) is 0 Å². The van der Waals surface area contributed by atoms with Crippen molar-refractivity contribution < 1.29 is 14.4 Å². The van der Waals surface area contributed by atoms with Crippen molar-refractivity contribution in [2.75, 3.05) is 13.1 Å². The highest BCUT2D eigenvalue weighted by Crippen LogP contribution is 2.43. The standard InChI is InChI=1S/C22H28BrN3O3/c23-17-7-4-6-16(14-17)21(9-5-10-21)15-24-18(27)8-13-26-19(28)22(25-20(26)29)11-2-1-3-12-22/h4,6-7,14H,1-3,5,8-13,15H2,(H,24,27)(H,25,29). The molecule has 1 saturated heterocycles. The Kier molecular flexibility index (Phi) is 5.69. The maximum absolute atomic E-state index is 12.8. The molecule has 7 heteroatoms. The minimum absolute atomic E-state index is 0.00751. The van der Waals surface area contributed by atoms with E-state index in [2.05, 4.69) is 38.7 Å². The predicted octanol–water partition coefficient (Wildman–Crippen LogP) is 3.63. The van der Waals surface area contributed by atoms with Gasteiger partial charge in [0.25, 0.3) is 5.91 Å². The van der Waals surface area contributed by atoms with Crippen LogP contribution in [0.15, 0.2) is 28.7 Å². The second-order valence-corrected chi connectivity index (χ2v) is 9.62. The highest BCUT2D eigenvalue weighted by Gasteiger charge is 2.51. The molecule has 2 N–H and O–H groups in total. The molecule has 4 amide bonds. The van der Waals surface area contributed by atoms with Gasteiger partial charge >= 0.3 is 6.03 Å². The minimum atomic E-state index is -0.720. The molecule has 2 saturated carbocycles. The zero-order chi connectivity index (χ0) is 20.5. The van der Waals surface area contributed by atoms with Gasteiger partial charge in [-0.25, -0.2) is 4.79 Å². The smallest absolute Gasteiger partial charge is 0.325 e. The van der Waals surface area contributed by atoms with E-state index in [1.54, 1.807) is 0 Å². The summed E-state index contributed by atoms with van der Waals surface area (Å²) >= 11 is 3.53. The lowest BCUT2D eigenvalue weighted by Crippen LogP contribution is -2.48. The largest absolute Gasteiger partial charge is 0.355 e. The molecule has 4 rings (SSSR count). The molecule has 29 heavy (non-hydrogen) atoms. The molecule has 0 unspecified atom stereocenters. The average Bonchev–Trinajstić information content (AvgIpc) is 2.89. The van der Waals surface area contributed by atoms with Gasteiger partial charge in [-0.3, -0.25) is 14.5 Å². The maximum atomic E-state index is 12.8. The van der Waals surface area contributed by atoms with Crippen LogP contribution in [0.2, 0.25) is 0 Å². The summed E-state index contributed by atoms with van der Waals surface area (Å²) in [5.41, 5.74) is 0.515. The van der Waals surface area contributed by atoms with Gasteiger partial charge in [0.15, 0.2) is 0 Å². The van der Waals surface area contributed by atoms with E-state index in [4.69, 9.17) is 0 Å². The summed E-state index contributed by atoms with van der Waals surface area (Å²) in [6.07, 6.45) is 7.84. The summed E-state index contributed by atoms with van der Waals surface area (Å²) in [6.45, 7) is 0.731. The first-order valence-corrected chi connectivity index (χ1v) is 11.4. The molecule has 1 aliphatic heterocycles. The van der Waals surface area contributed by atoms with Crippen LogP contribution in [0, 0.1) is 0 Å². The third kappa shape index (κ3) is 3.93. The fourth-order valence-electron chi connectivity index (χ4n) is 4.93. The molecule has 3 fully saturated rings. The van der Waals surface area contributed by atoms with Crippen LogP contribution in [0.5, 0.6) is 0 Å². The lowest BCUT2D eigenvalue weighted by Gasteiger charge is -2.42. The molecule has 1 heterocycles. The highest BCUT2D eigenvalue weighted by atomic mass is 79.9. The fourth-order valence-corrected chi connectivity index (χ4v) is 5.33. The molecule has 0 bridgehead atoms. The predicted molar refractivity (Wildman–Crippen MR) is 113 cm³/mol. The Morgan fingerprint density at radius 1 is 1.10 bits per heavy atom. The molecule has 0 aromatic heterocycles. The van der Waals surface area contributed by atoms with Gasteiger partial charge in [-0.15, -0.1) is 0 Å². The lowest BCUT2D eigenvalue weighted by atomic mass is 9.64. The Morgan fingerprint density at radius 2 is 1.86 bits per heavy atom. The molecule has 6 nitrogen and oxygen atoms in total. The normalized spacial score (nSPS) is 22.3. The van der Waals surface area contributed by atoms with Crippen molar-refractivity contribution in [2.24, 2.45) is 0 Å². The zero-order valence-corrected chi connectivity index (χ0v) is 18.2. The van der Waals surface area contributed by atoms with Crippen LogP contribution in [0.1, 0.15) is 63.4 Å². The molecule has 1 aromatic carbocycles. The van der Waals surface area contributed by atoms with Crippen molar-refractivity contribution in [1.82, 2.24) is 15.5 Å². The van der Waals surface area contributed by atoms with Crippen molar-refractivity contribution in [2.45, 2.75) is 68.7 Å². The summed E-state index contributed by atoms with van der Waals surface area (Å²) in [6, 6.07) is 7.93. The summed E-state index contributed by atoms with van der Waals surface area (Å²) in [4.78, 5) is 38.8. The zero-order valence-electron chi connectivity index (χ0n) is 16.6. The number of urea groups is 1. The van der Waals surface area contributed by atoms with Crippen LogP contribution in [0.4, 0.5) is 4.79 Å². The second-order valence-electron chi connectivity index (χ2n) is 8.70. The number of carbonyl (C=O) groups is 3. The number of amides is 4. The SMILES string of the molecule is O=C(CCN1C(=O)NC2(CCCCC2)C1=O)NCC1(c2cccc(Br)c2)CCC1. The van der Waals surface area contributed by atoms with Gasteiger partial charge in [0, 0.05) is 29.4 Å². The summed E-state index contributed by atoms with van der Waals surface area (Å²) < 4.78 is 1.04. The molecule has 0 atom stereocenters. The van der Waals surface area contributed by atoms with Crippen LogP contribution < -0.4 is 10.6 Å². The fraction of sp³-hybridized carbons (Fsp3) is 0.591. The summed E-state index contributed by atoms with van der Waals surface area (Å²) in [5.74, 6) is -0.268. The topological polar surface area (TPSA) is 78.5 Å². The van der Waals surface area contributed by atoms with E-state index in [1.807, 2.05) is 12.1 Å². The van der Waals surface area contributed by atoms with E-state index < -0.39 is 5.54 Å². The first-order chi connectivity index (χ1) is 13.9. The number of imide groups is 1. The maximum Gasteiger partial charge on any atom is 0.325 e. The Bertz CT molecular complexity index is 815. The molecule has 1 aromatic rings. The van der Waals surface area contributed by atoms with Gasteiger partial charge in [0.1, 0.15) is 5.54 Å². The Balaban J connectivity index is 1.31. The number of halogens is 1. The van der Waals surface area contributed by atoms with Crippen LogP contribution in [-0.2, 0) is 15.0 Å². The van der Waals surface area contributed by atoms with E-state index >= 15 is 0 Å². The van der Waals surface area contributed by atoms with Crippen molar-refractivity contribution in [1.29, 1.82) is 0 Å². The Labute approximate surface area is 179 Å². The van der Waals surface area contributed by atoms with Gasteiger partial charge in [-0.2, -0.15) is 0 Å². The van der Waals surface area contributed by atoms with E-state index in [9.17, 15) is 14.4 Å². The van der Waals surface area contributed by atoms with Gasteiger partial charge < -0.3 is 10.6 Å². The van der Waals surface area contributed by atoms with Crippen molar-refractivity contribution >= 4 is 33.8 Å². The molecule has 156 valence electrons. The van der Waals surface area contributed by atoms with Crippen molar-refractivity contribution in [3.63, 3.8) is 0 Å². The summed E-state index contributed by atoms with van der Waals surface area (Å²) in [7, 11) is 0. The molecular weight excluding hydrogens is 434 g/mol. The van der Waals surface area contributed by atoms with E-state index in [0.717, 1.165) is 43.0 Å². The van der Waals surface area contributed by atoms with Gasteiger partial charge in [-0.1, -0.05) is 53.7 Å². The third-order valence-electron chi connectivity index (χ3n) is 6.89. The lowest BCUT2D eigenvalue weighted by molar-refractivity contribution is -0.132. The number of nitrogens with zero attached hydrogens (tertiary/aromatic N) is 1. The molecule has 2 aliphatic carbocycles. The number of nitrogens with one attached hydrogen (secondary N) is 2. The van der Waals surface area contributed by atoms with Crippen molar-refractivity contribution in [3.05, 3.63) is 34.3 Å². The van der Waals surface area contributed by atoms with Crippen molar-refractivity contribution in [3.8, 4) is 0 Å². The van der Waals surface area contributed by atoms with E-state index in [-0.39, 0.29) is 36.2 Å².